The molecule has 1 aliphatic rings. The Morgan fingerprint density at radius 1 is 1.33 bits per heavy atom. The van der Waals surface area contributed by atoms with E-state index < -0.39 is 29.6 Å². The first-order chi connectivity index (χ1) is 9.53. The van der Waals surface area contributed by atoms with Gasteiger partial charge in [-0.25, -0.2) is 9.59 Å². The van der Waals surface area contributed by atoms with Crippen molar-refractivity contribution in [3.8, 4) is 0 Å². The minimum absolute atomic E-state index is 0.114. The third-order valence-electron chi connectivity index (χ3n) is 3.07. The van der Waals surface area contributed by atoms with Crippen LogP contribution in [-0.2, 0) is 19.1 Å². The predicted molar refractivity (Wildman–Crippen MR) is 76.7 cm³/mol. The number of carbonyl (C=O) groups is 3. The third-order valence-corrected chi connectivity index (χ3v) is 3.07. The summed E-state index contributed by atoms with van der Waals surface area (Å²) in [6, 6.07) is -0.897. The summed E-state index contributed by atoms with van der Waals surface area (Å²) in [5.74, 6) is -1.09. The summed E-state index contributed by atoms with van der Waals surface area (Å²) in [5.41, 5.74) is -0.682. The van der Waals surface area contributed by atoms with E-state index in [0.717, 1.165) is 0 Å². The Balaban J connectivity index is 2.83. The van der Waals surface area contributed by atoms with Gasteiger partial charge in [-0.1, -0.05) is 20.8 Å². The van der Waals surface area contributed by atoms with Crippen molar-refractivity contribution >= 4 is 17.8 Å². The smallest absolute Gasteiger partial charge is 0.411 e. The minimum Gasteiger partial charge on any atom is -0.464 e. The van der Waals surface area contributed by atoms with Crippen LogP contribution in [0.15, 0.2) is 0 Å². The number of Topliss-reactive ketones (excluding diaryl/α,β-unsaturated/α-hetero) is 1. The van der Waals surface area contributed by atoms with E-state index in [2.05, 4.69) is 0 Å². The molecule has 0 aromatic rings. The van der Waals surface area contributed by atoms with Crippen molar-refractivity contribution in [3.63, 3.8) is 0 Å². The molecule has 0 aromatic heterocycles. The molecule has 0 bridgehead atoms. The van der Waals surface area contributed by atoms with Gasteiger partial charge in [-0.15, -0.1) is 0 Å². The fourth-order valence-electron chi connectivity index (χ4n) is 2.02. The maximum absolute atomic E-state index is 12.2. The van der Waals surface area contributed by atoms with Gasteiger partial charge in [-0.3, -0.25) is 9.69 Å². The number of hydrogen-bond donors (Lipinski definition) is 0. The lowest BCUT2D eigenvalue weighted by atomic mass is 10.0. The third kappa shape index (κ3) is 4.72. The fraction of sp³-hybridized carbons (Fsp3) is 0.800. The number of rotatable bonds is 3. The van der Waals surface area contributed by atoms with Crippen LogP contribution >= 0.6 is 0 Å². The van der Waals surface area contributed by atoms with Crippen molar-refractivity contribution in [2.24, 2.45) is 11.8 Å². The van der Waals surface area contributed by atoms with Crippen molar-refractivity contribution in [1.29, 1.82) is 0 Å². The lowest BCUT2D eigenvalue weighted by molar-refractivity contribution is -0.151. The molecule has 6 heteroatoms. The second-order valence-corrected chi connectivity index (χ2v) is 6.83. The first-order valence-electron chi connectivity index (χ1n) is 7.22. The first-order valence-corrected chi connectivity index (χ1v) is 7.22. The summed E-state index contributed by atoms with van der Waals surface area (Å²) in [5, 5.41) is 0. The molecule has 6 nitrogen and oxygen atoms in total. The molecule has 1 rings (SSSR count). The van der Waals surface area contributed by atoms with Crippen molar-refractivity contribution in [1.82, 2.24) is 4.90 Å². The first kappa shape index (κ1) is 17.5. The molecule has 0 unspecified atom stereocenters. The SMILES string of the molecule is CC(C)COC(=O)[C@@H]1[C@H](C)C(=O)CN1C(=O)OC(C)(C)C. The number of hydrogen-bond acceptors (Lipinski definition) is 5. The molecule has 0 aromatic carbocycles. The lowest BCUT2D eigenvalue weighted by Gasteiger charge is -2.28. The Kier molecular flexibility index (Phi) is 5.36. The topological polar surface area (TPSA) is 72.9 Å². The molecule has 0 spiro atoms. The van der Waals surface area contributed by atoms with Crippen LogP contribution in [0.5, 0.6) is 0 Å². The van der Waals surface area contributed by atoms with Crippen molar-refractivity contribution in [2.45, 2.75) is 53.2 Å². The molecule has 2 atom stereocenters. The highest BCUT2D eigenvalue weighted by Gasteiger charge is 2.47. The van der Waals surface area contributed by atoms with Crippen LogP contribution < -0.4 is 0 Å². The van der Waals surface area contributed by atoms with Gasteiger partial charge < -0.3 is 9.47 Å². The van der Waals surface area contributed by atoms with Gasteiger partial charge in [0.15, 0.2) is 5.78 Å². The number of carbonyl (C=O) groups excluding carboxylic acids is 3. The Labute approximate surface area is 125 Å². The second kappa shape index (κ2) is 6.45. The maximum Gasteiger partial charge on any atom is 0.411 e. The number of ketones is 1. The van der Waals surface area contributed by atoms with Gasteiger partial charge in [0.05, 0.1) is 13.2 Å². The van der Waals surface area contributed by atoms with Crippen molar-refractivity contribution < 1.29 is 23.9 Å². The zero-order valence-electron chi connectivity index (χ0n) is 13.6. The van der Waals surface area contributed by atoms with E-state index in [1.165, 1.54) is 4.90 Å². The average Bonchev–Trinajstić information content (AvgIpc) is 2.61. The Bertz CT molecular complexity index is 424. The number of ether oxygens (including phenoxy) is 2. The zero-order valence-corrected chi connectivity index (χ0v) is 13.6. The van der Waals surface area contributed by atoms with E-state index >= 15 is 0 Å². The van der Waals surface area contributed by atoms with Gasteiger partial charge in [-0.2, -0.15) is 0 Å². The Hall–Kier alpha value is -1.59. The highest BCUT2D eigenvalue weighted by atomic mass is 16.6. The van der Waals surface area contributed by atoms with Gasteiger partial charge in [0, 0.05) is 5.92 Å². The molecule has 0 saturated carbocycles. The molecule has 1 aliphatic heterocycles. The van der Waals surface area contributed by atoms with Gasteiger partial charge in [0.2, 0.25) is 0 Å². The molecule has 1 saturated heterocycles. The van der Waals surface area contributed by atoms with Crippen LogP contribution in [0.4, 0.5) is 4.79 Å². The molecule has 1 heterocycles. The summed E-state index contributed by atoms with van der Waals surface area (Å²) < 4.78 is 10.4. The fourth-order valence-corrected chi connectivity index (χ4v) is 2.02. The number of esters is 1. The quantitative estimate of drug-likeness (QED) is 0.745. The Morgan fingerprint density at radius 3 is 2.38 bits per heavy atom. The van der Waals surface area contributed by atoms with Gasteiger partial charge in [0.1, 0.15) is 11.6 Å². The predicted octanol–water partition coefficient (Wildman–Crippen LogP) is 2.01. The standard InChI is InChI=1S/C15H25NO5/c1-9(2)8-20-13(18)12-10(3)11(17)7-16(12)14(19)21-15(4,5)6/h9-10,12H,7-8H2,1-6H3/t10-,12+/m1/s1. The average molecular weight is 299 g/mol. The van der Waals surface area contributed by atoms with Crippen LogP contribution in [0.3, 0.4) is 0 Å². The Morgan fingerprint density at radius 2 is 1.90 bits per heavy atom. The number of likely N-dealkylation sites (tertiary alicyclic amines) is 1. The molecule has 120 valence electrons. The summed E-state index contributed by atoms with van der Waals surface area (Å²) in [7, 11) is 0. The monoisotopic (exact) mass is 299 g/mol. The molecule has 0 radical (unpaired) electrons. The van der Waals surface area contributed by atoms with Crippen LogP contribution in [0.2, 0.25) is 0 Å². The molecule has 0 aliphatic carbocycles. The molecule has 0 N–H and O–H groups in total. The van der Waals surface area contributed by atoms with E-state index in [1.54, 1.807) is 27.7 Å². The van der Waals surface area contributed by atoms with Crippen molar-refractivity contribution in [3.05, 3.63) is 0 Å². The van der Waals surface area contributed by atoms with E-state index in [0.29, 0.717) is 0 Å². The summed E-state index contributed by atoms with van der Waals surface area (Å²) in [6.45, 7) is 10.8. The minimum atomic E-state index is -0.897. The highest BCUT2D eigenvalue weighted by Crippen LogP contribution is 2.25. The van der Waals surface area contributed by atoms with E-state index in [1.807, 2.05) is 13.8 Å². The highest BCUT2D eigenvalue weighted by molar-refractivity contribution is 5.97. The molecular weight excluding hydrogens is 274 g/mol. The van der Waals surface area contributed by atoms with Gasteiger partial charge in [0.25, 0.3) is 0 Å². The molecule has 21 heavy (non-hydrogen) atoms. The summed E-state index contributed by atoms with van der Waals surface area (Å²) in [6.07, 6.45) is -0.660. The largest absolute Gasteiger partial charge is 0.464 e. The molecular formula is C15H25NO5. The van der Waals surface area contributed by atoms with E-state index in [9.17, 15) is 14.4 Å². The summed E-state index contributed by atoms with van der Waals surface area (Å²) in [4.78, 5) is 37.3. The number of nitrogens with zero attached hydrogens (tertiary/aromatic N) is 1. The van der Waals surface area contributed by atoms with Crippen LogP contribution in [0.25, 0.3) is 0 Å². The summed E-state index contributed by atoms with van der Waals surface area (Å²) >= 11 is 0. The van der Waals surface area contributed by atoms with Crippen LogP contribution in [0, 0.1) is 11.8 Å². The van der Waals surface area contributed by atoms with Crippen molar-refractivity contribution in [2.75, 3.05) is 13.2 Å². The molecule has 1 fully saturated rings. The second-order valence-electron chi connectivity index (χ2n) is 6.83. The normalized spacial score (nSPS) is 22.6. The van der Waals surface area contributed by atoms with Gasteiger partial charge in [-0.05, 0) is 26.7 Å². The van der Waals surface area contributed by atoms with E-state index in [4.69, 9.17) is 9.47 Å². The lowest BCUT2D eigenvalue weighted by Crippen LogP contribution is -2.46. The van der Waals surface area contributed by atoms with Crippen LogP contribution in [0.1, 0.15) is 41.5 Å². The van der Waals surface area contributed by atoms with Crippen LogP contribution in [-0.4, -0.2) is 47.5 Å². The number of amides is 1. The van der Waals surface area contributed by atoms with E-state index in [-0.39, 0.29) is 24.9 Å². The zero-order chi connectivity index (χ0) is 16.4. The van der Waals surface area contributed by atoms with Gasteiger partial charge >= 0.3 is 12.1 Å². The maximum atomic E-state index is 12.2. The molecule has 1 amide bonds.